The Bertz CT molecular complexity index is 1100. The highest BCUT2D eigenvalue weighted by atomic mass is 16.5. The number of benzene rings is 1. The van der Waals surface area contributed by atoms with Gasteiger partial charge in [0.05, 0.1) is 0 Å². The highest BCUT2D eigenvalue weighted by Gasteiger charge is 2.52. The van der Waals surface area contributed by atoms with Gasteiger partial charge in [0.25, 0.3) is 5.91 Å². The normalized spacial score (nSPS) is 29.3. The minimum atomic E-state index is -0.0141. The predicted octanol–water partition coefficient (Wildman–Crippen LogP) is 4.55. The van der Waals surface area contributed by atoms with Crippen LogP contribution in [-0.4, -0.2) is 16.4 Å². The van der Waals surface area contributed by atoms with Crippen LogP contribution >= 0.6 is 0 Å². The molecule has 5 nitrogen and oxygen atoms in total. The second-order valence-electron chi connectivity index (χ2n) is 9.83. The van der Waals surface area contributed by atoms with Gasteiger partial charge in [0.15, 0.2) is 5.52 Å². The number of hydrogen-bond acceptors (Lipinski definition) is 2. The number of aromatic nitrogens is 2. The van der Waals surface area contributed by atoms with E-state index in [1.807, 2.05) is 60.0 Å². The lowest BCUT2D eigenvalue weighted by molar-refractivity contribution is -0.519. The van der Waals surface area contributed by atoms with Crippen molar-refractivity contribution >= 4 is 11.4 Å². The minimum Gasteiger partial charge on any atom is -0.391 e. The van der Waals surface area contributed by atoms with Gasteiger partial charge in [-0.05, 0) is 93.0 Å². The Hall–Kier alpha value is -2.82. The Morgan fingerprint density at radius 3 is 2.50 bits per heavy atom. The molecular formula is C25H28N3O2+. The number of carbonyl (C=O) groups excluding carboxylic acids is 1. The Labute approximate surface area is 176 Å². The molecule has 4 bridgehead atoms. The number of aromatic amines is 1. The van der Waals surface area contributed by atoms with Crippen molar-refractivity contribution in [1.29, 1.82) is 0 Å². The molecule has 2 N–H and O–H groups in total. The van der Waals surface area contributed by atoms with Gasteiger partial charge in [-0.25, -0.2) is 0 Å². The zero-order valence-electron chi connectivity index (χ0n) is 17.4. The third-order valence-electron chi connectivity index (χ3n) is 7.41. The zero-order valence-corrected chi connectivity index (χ0v) is 17.4. The second-order valence-corrected chi connectivity index (χ2v) is 9.83. The Morgan fingerprint density at radius 2 is 1.80 bits per heavy atom. The van der Waals surface area contributed by atoms with E-state index in [1.165, 1.54) is 19.3 Å². The number of nitrogens with one attached hydrogen (secondary N) is 2. The van der Waals surface area contributed by atoms with Crippen molar-refractivity contribution in [1.82, 2.24) is 10.3 Å². The summed E-state index contributed by atoms with van der Waals surface area (Å²) in [6.07, 6.45) is 9.45. The lowest BCUT2D eigenvalue weighted by Crippen LogP contribution is -2.59. The van der Waals surface area contributed by atoms with Crippen molar-refractivity contribution < 1.29 is 13.9 Å². The Morgan fingerprint density at radius 1 is 1.07 bits per heavy atom. The Balaban J connectivity index is 1.32. The smallest absolute Gasteiger partial charge is 0.391 e. The summed E-state index contributed by atoms with van der Waals surface area (Å²) in [7, 11) is 0. The molecule has 4 saturated carbocycles. The maximum Gasteiger partial charge on any atom is 0.465 e. The molecule has 4 fully saturated rings. The summed E-state index contributed by atoms with van der Waals surface area (Å²) < 4.78 is 8.04. The summed E-state index contributed by atoms with van der Waals surface area (Å²) in [4.78, 5) is 16.7. The number of H-pyrrole nitrogens is 1. The number of nitrogens with zero attached hydrogens (tertiary/aromatic N) is 1. The third kappa shape index (κ3) is 2.99. The van der Waals surface area contributed by atoms with E-state index in [4.69, 9.17) is 4.74 Å². The average Bonchev–Trinajstić information content (AvgIpc) is 3.05. The first kappa shape index (κ1) is 18.0. The maximum atomic E-state index is 13.5. The van der Waals surface area contributed by atoms with Gasteiger partial charge < -0.3 is 10.1 Å². The van der Waals surface area contributed by atoms with Crippen LogP contribution in [0.4, 0.5) is 0 Å². The fraction of sp³-hybridized carbons (Fsp3) is 0.440. The van der Waals surface area contributed by atoms with E-state index in [2.05, 4.69) is 10.3 Å². The van der Waals surface area contributed by atoms with Crippen molar-refractivity contribution in [3.63, 3.8) is 0 Å². The van der Waals surface area contributed by atoms with Gasteiger partial charge in [0.2, 0.25) is 5.69 Å². The second kappa shape index (κ2) is 6.59. The van der Waals surface area contributed by atoms with Crippen LogP contribution in [-0.2, 0) is 0 Å². The number of pyridine rings is 1. The maximum absolute atomic E-state index is 13.5. The molecule has 30 heavy (non-hydrogen) atoms. The predicted molar refractivity (Wildman–Crippen MR) is 114 cm³/mol. The van der Waals surface area contributed by atoms with Crippen LogP contribution in [0.3, 0.4) is 0 Å². The first-order chi connectivity index (χ1) is 14.6. The molecule has 2 aromatic heterocycles. The van der Waals surface area contributed by atoms with E-state index in [1.54, 1.807) is 0 Å². The molecule has 0 unspecified atom stereocenters. The summed E-state index contributed by atoms with van der Waals surface area (Å²) in [6.45, 7) is 2.04. The van der Waals surface area contributed by atoms with Crippen LogP contribution in [0.25, 0.3) is 5.52 Å². The first-order valence-corrected chi connectivity index (χ1v) is 11.2. The molecular weight excluding hydrogens is 374 g/mol. The molecule has 5 heteroatoms. The molecule has 3 aromatic rings. The molecule has 0 atom stereocenters. The molecule has 1 aromatic carbocycles. The number of fused-ring (bicyclic) bond motifs is 1. The molecule has 0 radical (unpaired) electrons. The van der Waals surface area contributed by atoms with E-state index in [0.717, 1.165) is 53.8 Å². The van der Waals surface area contributed by atoms with Crippen molar-refractivity contribution in [3.8, 4) is 11.8 Å². The van der Waals surface area contributed by atoms with Crippen molar-refractivity contribution in [2.75, 3.05) is 0 Å². The van der Waals surface area contributed by atoms with E-state index in [-0.39, 0.29) is 11.4 Å². The number of hydrogen-bond donors (Lipinski definition) is 2. The van der Waals surface area contributed by atoms with Crippen LogP contribution in [0.2, 0.25) is 0 Å². The number of rotatable bonds is 4. The monoisotopic (exact) mass is 402 g/mol. The largest absolute Gasteiger partial charge is 0.465 e. The molecule has 154 valence electrons. The summed E-state index contributed by atoms with van der Waals surface area (Å²) in [5, 5.41) is 3.48. The van der Waals surface area contributed by atoms with Crippen LogP contribution in [0.15, 0.2) is 48.7 Å². The van der Waals surface area contributed by atoms with Crippen LogP contribution in [0.5, 0.6) is 11.8 Å². The zero-order chi connectivity index (χ0) is 20.3. The number of ether oxygens (including phenoxy) is 1. The van der Waals surface area contributed by atoms with Gasteiger partial charge in [-0.2, -0.15) is 9.38 Å². The van der Waals surface area contributed by atoms with Crippen molar-refractivity contribution in [3.05, 3.63) is 59.9 Å². The molecule has 0 spiro atoms. The highest BCUT2D eigenvalue weighted by molar-refractivity contribution is 5.98. The van der Waals surface area contributed by atoms with Gasteiger partial charge in [0.1, 0.15) is 11.9 Å². The number of imidazole rings is 1. The van der Waals surface area contributed by atoms with Crippen LogP contribution in [0, 0.1) is 24.7 Å². The highest BCUT2D eigenvalue weighted by Crippen LogP contribution is 2.55. The lowest BCUT2D eigenvalue weighted by atomic mass is 9.53. The van der Waals surface area contributed by atoms with E-state index in [9.17, 15) is 4.79 Å². The molecule has 4 aliphatic carbocycles. The van der Waals surface area contributed by atoms with E-state index in [0.29, 0.717) is 11.7 Å². The summed E-state index contributed by atoms with van der Waals surface area (Å²) >= 11 is 0. The summed E-state index contributed by atoms with van der Waals surface area (Å²) in [5.41, 5.74) is 2.53. The molecule has 1 amide bonds. The van der Waals surface area contributed by atoms with Crippen LogP contribution in [0.1, 0.15) is 54.6 Å². The number of carbonyl (C=O) groups is 1. The summed E-state index contributed by atoms with van der Waals surface area (Å²) in [6, 6.07) is 14.4. The quantitative estimate of drug-likeness (QED) is 0.629. The summed E-state index contributed by atoms with van der Waals surface area (Å²) in [5.74, 6) is 3.13. The van der Waals surface area contributed by atoms with E-state index >= 15 is 0 Å². The van der Waals surface area contributed by atoms with E-state index < -0.39 is 0 Å². The molecule has 2 heterocycles. The third-order valence-corrected chi connectivity index (χ3v) is 7.41. The topological polar surface area (TPSA) is 58.2 Å². The molecule has 7 rings (SSSR count). The van der Waals surface area contributed by atoms with Gasteiger partial charge in [-0.3, -0.25) is 4.79 Å². The van der Waals surface area contributed by atoms with Gasteiger partial charge in [-0.15, -0.1) is 0 Å². The fourth-order valence-electron chi connectivity index (χ4n) is 6.66. The molecule has 0 saturated heterocycles. The van der Waals surface area contributed by atoms with Crippen molar-refractivity contribution in [2.24, 2.45) is 17.8 Å². The molecule has 4 aliphatic rings. The van der Waals surface area contributed by atoms with Crippen molar-refractivity contribution in [2.45, 2.75) is 51.0 Å². The number of aryl methyl sites for hydroxylation is 1. The SMILES string of the molecule is Cc1cccc(Oc2[nH]c(C(=O)NC34CC5CC(CC(C5)C3)C4)c3cccc[n+]23)c1. The Kier molecular flexibility index (Phi) is 3.95. The first-order valence-electron chi connectivity index (χ1n) is 11.2. The van der Waals surface area contributed by atoms with Crippen LogP contribution < -0.4 is 14.5 Å². The minimum absolute atomic E-state index is 0.0136. The van der Waals surface area contributed by atoms with Gasteiger partial charge >= 0.3 is 6.01 Å². The molecule has 0 aliphatic heterocycles. The van der Waals surface area contributed by atoms with Gasteiger partial charge in [-0.1, -0.05) is 18.2 Å². The fourth-order valence-corrected chi connectivity index (χ4v) is 6.66. The average molecular weight is 403 g/mol. The van der Waals surface area contributed by atoms with Gasteiger partial charge in [0, 0.05) is 5.54 Å². The number of amides is 1. The standard InChI is InChI=1S/C25H27N3O2/c1-16-5-4-6-20(9-16)30-24-26-22(21-7-2-3-8-28(21)24)23(29)27-25-13-17-10-18(14-25)12-19(11-17)15-25/h2-9,17-19H,10-15H2,1H3,(H,27,29)/p+1. The lowest BCUT2D eigenvalue weighted by Gasteiger charge is -2.56.